The third kappa shape index (κ3) is 1.75. The summed E-state index contributed by atoms with van der Waals surface area (Å²) in [7, 11) is 0. The third-order valence-corrected chi connectivity index (χ3v) is 4.14. The van der Waals surface area contributed by atoms with Crippen LogP contribution in [-0.2, 0) is 0 Å². The van der Waals surface area contributed by atoms with Gasteiger partial charge < -0.3 is 5.32 Å². The van der Waals surface area contributed by atoms with Gasteiger partial charge in [0.2, 0.25) is 0 Å². The Morgan fingerprint density at radius 3 is 2.56 bits per heavy atom. The molecule has 0 aromatic heterocycles. The smallest absolute Gasteiger partial charge is 0.0342 e. The predicted octanol–water partition coefficient (Wildman–Crippen LogP) is 3.70. The molecule has 1 nitrogen and oxygen atoms in total. The number of allylic oxidation sites excluding steroid dienone is 2. The summed E-state index contributed by atoms with van der Waals surface area (Å²) in [5, 5.41) is 3.63. The van der Waals surface area contributed by atoms with E-state index in [0.29, 0.717) is 6.04 Å². The molecule has 2 aliphatic rings. The zero-order valence-corrected chi connectivity index (χ0v) is 9.77. The zero-order valence-electron chi connectivity index (χ0n) is 9.77. The van der Waals surface area contributed by atoms with Crippen LogP contribution in [0.3, 0.4) is 0 Å². The van der Waals surface area contributed by atoms with E-state index >= 15 is 0 Å². The van der Waals surface area contributed by atoms with Crippen molar-refractivity contribution in [3.63, 3.8) is 0 Å². The normalized spacial score (nSPS) is 32.9. The largest absolute Gasteiger partial charge is 0.382 e. The minimum atomic E-state index is 0.586. The Morgan fingerprint density at radius 1 is 1.12 bits per heavy atom. The molecule has 1 heteroatoms. The number of anilines is 1. The molecule has 1 aromatic carbocycles. The highest BCUT2D eigenvalue weighted by Gasteiger charge is 2.38. The van der Waals surface area contributed by atoms with Gasteiger partial charge in [0.25, 0.3) is 0 Å². The minimum absolute atomic E-state index is 0.586. The molecular formula is C15H19N. The van der Waals surface area contributed by atoms with Crippen molar-refractivity contribution < 1.29 is 0 Å². The monoisotopic (exact) mass is 213 g/mol. The molecule has 0 aliphatic heterocycles. The van der Waals surface area contributed by atoms with Crippen LogP contribution in [0.25, 0.3) is 0 Å². The highest BCUT2D eigenvalue weighted by Crippen LogP contribution is 2.45. The van der Waals surface area contributed by atoms with E-state index in [-0.39, 0.29) is 0 Å². The lowest BCUT2D eigenvalue weighted by atomic mass is 9.87. The average molecular weight is 213 g/mol. The maximum atomic E-state index is 3.63. The molecule has 0 heterocycles. The Kier molecular flexibility index (Phi) is 2.47. The lowest BCUT2D eigenvalue weighted by Gasteiger charge is -2.27. The van der Waals surface area contributed by atoms with Gasteiger partial charge >= 0.3 is 0 Å². The summed E-state index contributed by atoms with van der Waals surface area (Å²) in [6, 6.07) is 11.1. The second-order valence-corrected chi connectivity index (χ2v) is 5.24. The predicted molar refractivity (Wildman–Crippen MR) is 68.4 cm³/mol. The first kappa shape index (κ1) is 9.95. The summed E-state index contributed by atoms with van der Waals surface area (Å²) < 4.78 is 0. The van der Waals surface area contributed by atoms with Crippen molar-refractivity contribution in [2.24, 2.45) is 17.8 Å². The maximum Gasteiger partial charge on any atom is 0.0342 e. The minimum Gasteiger partial charge on any atom is -0.382 e. The van der Waals surface area contributed by atoms with Crippen LogP contribution >= 0.6 is 0 Å². The van der Waals surface area contributed by atoms with Crippen molar-refractivity contribution in [1.29, 1.82) is 0 Å². The first-order chi connectivity index (χ1) is 7.83. The van der Waals surface area contributed by atoms with Gasteiger partial charge in [-0.05, 0) is 49.7 Å². The lowest BCUT2D eigenvalue weighted by molar-refractivity contribution is 0.400. The van der Waals surface area contributed by atoms with Crippen LogP contribution in [0.4, 0.5) is 5.69 Å². The summed E-state index contributed by atoms with van der Waals surface area (Å²) in [6.07, 6.45) is 7.62. The molecule has 2 bridgehead atoms. The molecule has 0 spiro atoms. The SMILES string of the molecule is CC(Nc1ccccc1)C1CC2C=CC1C2. The van der Waals surface area contributed by atoms with Crippen LogP contribution in [-0.4, -0.2) is 6.04 Å². The molecule has 0 amide bonds. The van der Waals surface area contributed by atoms with E-state index in [1.54, 1.807) is 0 Å². The second-order valence-electron chi connectivity index (χ2n) is 5.24. The van der Waals surface area contributed by atoms with E-state index < -0.39 is 0 Å². The molecule has 0 radical (unpaired) electrons. The van der Waals surface area contributed by atoms with Gasteiger partial charge in [-0.1, -0.05) is 30.4 Å². The van der Waals surface area contributed by atoms with Crippen molar-refractivity contribution in [3.05, 3.63) is 42.5 Å². The van der Waals surface area contributed by atoms with Gasteiger partial charge in [0.1, 0.15) is 0 Å². The summed E-state index contributed by atoms with van der Waals surface area (Å²) in [4.78, 5) is 0. The molecule has 4 unspecified atom stereocenters. The van der Waals surface area contributed by atoms with Crippen LogP contribution in [0.5, 0.6) is 0 Å². The Labute approximate surface area is 97.6 Å². The molecule has 1 saturated carbocycles. The molecule has 84 valence electrons. The molecule has 1 fully saturated rings. The standard InChI is InChI=1S/C15H19N/c1-11(16-14-5-3-2-4-6-14)15-10-12-7-8-13(15)9-12/h2-8,11-13,15-16H,9-10H2,1H3. The first-order valence-electron chi connectivity index (χ1n) is 6.33. The molecule has 1 aromatic rings. The highest BCUT2D eigenvalue weighted by molar-refractivity contribution is 5.43. The summed E-state index contributed by atoms with van der Waals surface area (Å²) in [6.45, 7) is 2.33. The number of benzene rings is 1. The number of hydrogen-bond acceptors (Lipinski definition) is 1. The van der Waals surface area contributed by atoms with Crippen LogP contribution < -0.4 is 5.32 Å². The quantitative estimate of drug-likeness (QED) is 0.755. The highest BCUT2D eigenvalue weighted by atomic mass is 14.9. The molecule has 16 heavy (non-hydrogen) atoms. The van der Waals surface area contributed by atoms with E-state index in [0.717, 1.165) is 17.8 Å². The van der Waals surface area contributed by atoms with Gasteiger partial charge in [-0.25, -0.2) is 0 Å². The van der Waals surface area contributed by atoms with Crippen molar-refractivity contribution in [1.82, 2.24) is 0 Å². The number of nitrogens with one attached hydrogen (secondary N) is 1. The van der Waals surface area contributed by atoms with Crippen molar-refractivity contribution in [2.45, 2.75) is 25.8 Å². The Balaban J connectivity index is 1.66. The topological polar surface area (TPSA) is 12.0 Å². The van der Waals surface area contributed by atoms with Gasteiger partial charge in [0, 0.05) is 11.7 Å². The van der Waals surface area contributed by atoms with Crippen molar-refractivity contribution >= 4 is 5.69 Å². The molecule has 2 aliphatic carbocycles. The van der Waals surface area contributed by atoms with Crippen molar-refractivity contribution in [3.8, 4) is 0 Å². The number of fused-ring (bicyclic) bond motifs is 2. The Hall–Kier alpha value is -1.24. The fourth-order valence-electron chi connectivity index (χ4n) is 3.30. The molecule has 1 N–H and O–H groups in total. The number of para-hydroxylation sites is 1. The van der Waals surface area contributed by atoms with E-state index in [4.69, 9.17) is 0 Å². The molecule has 4 atom stereocenters. The number of hydrogen-bond donors (Lipinski definition) is 1. The first-order valence-corrected chi connectivity index (χ1v) is 6.33. The fourth-order valence-corrected chi connectivity index (χ4v) is 3.30. The summed E-state index contributed by atoms with van der Waals surface area (Å²) in [5.74, 6) is 2.53. The second kappa shape index (κ2) is 3.97. The van der Waals surface area contributed by atoms with E-state index in [1.165, 1.54) is 18.5 Å². The molecule has 0 saturated heterocycles. The van der Waals surface area contributed by atoms with Crippen LogP contribution in [0, 0.1) is 17.8 Å². The van der Waals surface area contributed by atoms with E-state index in [1.807, 2.05) is 0 Å². The van der Waals surface area contributed by atoms with Gasteiger partial charge in [-0.3, -0.25) is 0 Å². The van der Waals surface area contributed by atoms with Crippen molar-refractivity contribution in [2.75, 3.05) is 5.32 Å². The zero-order chi connectivity index (χ0) is 11.0. The molecular weight excluding hydrogens is 194 g/mol. The molecule has 3 rings (SSSR count). The van der Waals surface area contributed by atoms with E-state index in [9.17, 15) is 0 Å². The van der Waals surface area contributed by atoms with Gasteiger partial charge in [-0.15, -0.1) is 0 Å². The third-order valence-electron chi connectivity index (χ3n) is 4.14. The number of rotatable bonds is 3. The summed E-state index contributed by atoms with van der Waals surface area (Å²) >= 11 is 0. The van der Waals surface area contributed by atoms with Gasteiger partial charge in [-0.2, -0.15) is 0 Å². The van der Waals surface area contributed by atoms with E-state index in [2.05, 4.69) is 54.7 Å². The van der Waals surface area contributed by atoms with Crippen LogP contribution in [0.2, 0.25) is 0 Å². The fraction of sp³-hybridized carbons (Fsp3) is 0.467. The van der Waals surface area contributed by atoms with Crippen LogP contribution in [0.15, 0.2) is 42.5 Å². The maximum absolute atomic E-state index is 3.63. The summed E-state index contributed by atoms with van der Waals surface area (Å²) in [5.41, 5.74) is 1.25. The van der Waals surface area contributed by atoms with Crippen LogP contribution in [0.1, 0.15) is 19.8 Å². The lowest BCUT2D eigenvalue weighted by Crippen LogP contribution is -2.28. The Morgan fingerprint density at radius 2 is 1.94 bits per heavy atom. The van der Waals surface area contributed by atoms with Gasteiger partial charge in [0.05, 0.1) is 0 Å². The Bertz CT molecular complexity index is 382. The average Bonchev–Trinajstić information content (AvgIpc) is 2.92. The van der Waals surface area contributed by atoms with Gasteiger partial charge in [0.15, 0.2) is 0 Å².